The van der Waals surface area contributed by atoms with Crippen molar-refractivity contribution in [3.63, 3.8) is 0 Å². The van der Waals surface area contributed by atoms with E-state index >= 15 is 0 Å². The lowest BCUT2D eigenvalue weighted by Crippen LogP contribution is -2.59. The number of carbonyl (C=O) groups excluding carboxylic acids is 2. The third kappa shape index (κ3) is 6.34. The Hall–Kier alpha value is -2.17. The third-order valence-corrected chi connectivity index (χ3v) is 8.72. The van der Waals surface area contributed by atoms with Crippen molar-refractivity contribution < 1.29 is 18.0 Å². The summed E-state index contributed by atoms with van der Waals surface area (Å²) in [7, 11) is -3.04. The Morgan fingerprint density at radius 2 is 1.76 bits per heavy atom. The van der Waals surface area contributed by atoms with Crippen LogP contribution in [-0.2, 0) is 31.4 Å². The van der Waals surface area contributed by atoms with E-state index in [2.05, 4.69) is 10.2 Å². The van der Waals surface area contributed by atoms with Crippen molar-refractivity contribution in [3.8, 4) is 0 Å². The molecular formula is C27H34Cl2N4O4S. The van der Waals surface area contributed by atoms with Gasteiger partial charge in [-0.1, -0.05) is 41.4 Å². The van der Waals surface area contributed by atoms with E-state index in [1.54, 1.807) is 23.1 Å². The van der Waals surface area contributed by atoms with E-state index in [-0.39, 0.29) is 30.2 Å². The summed E-state index contributed by atoms with van der Waals surface area (Å²) < 4.78 is 23.1. The molecular weight excluding hydrogens is 547 g/mol. The zero-order chi connectivity index (χ0) is 27.7. The van der Waals surface area contributed by atoms with E-state index in [4.69, 9.17) is 23.2 Å². The normalized spacial score (nSPS) is 20.2. The standard InChI is InChI=1S/C27H34Cl2N4O4S/c1-19(2)33(18-25(34)32-11-9-31(10-12-32)13-14-38(3,36)37)27(17-20-5-4-6-21(28)15-20)23-8-7-22(29)16-24(23)30-26(27)35/h4-8,15-16,19H,9-14,17-18H2,1-3H3,(H,30,35). The Morgan fingerprint density at radius 1 is 1.08 bits per heavy atom. The molecule has 2 aromatic rings. The van der Waals surface area contributed by atoms with Crippen LogP contribution in [0.5, 0.6) is 0 Å². The average molecular weight is 582 g/mol. The van der Waals surface area contributed by atoms with E-state index < -0.39 is 15.4 Å². The molecule has 1 N–H and O–H groups in total. The number of nitrogens with one attached hydrogen (secondary N) is 1. The molecule has 38 heavy (non-hydrogen) atoms. The molecule has 1 unspecified atom stereocenters. The second kappa shape index (κ2) is 11.5. The molecule has 8 nitrogen and oxygen atoms in total. The second-order valence-electron chi connectivity index (χ2n) is 10.4. The van der Waals surface area contributed by atoms with Crippen molar-refractivity contribution >= 4 is 50.5 Å². The molecule has 4 rings (SSSR count). The second-order valence-corrected chi connectivity index (χ2v) is 13.5. The number of amides is 2. The van der Waals surface area contributed by atoms with Gasteiger partial charge in [0, 0.05) is 72.7 Å². The Morgan fingerprint density at radius 3 is 2.39 bits per heavy atom. The molecule has 2 heterocycles. The lowest BCUT2D eigenvalue weighted by molar-refractivity contribution is -0.140. The Kier molecular flexibility index (Phi) is 8.74. The quantitative estimate of drug-likeness (QED) is 0.489. The predicted molar refractivity (Wildman–Crippen MR) is 151 cm³/mol. The number of benzene rings is 2. The van der Waals surface area contributed by atoms with E-state index in [1.165, 1.54) is 6.26 Å². The van der Waals surface area contributed by atoms with Crippen molar-refractivity contribution in [2.45, 2.75) is 31.8 Å². The molecule has 0 bridgehead atoms. The fourth-order valence-electron chi connectivity index (χ4n) is 5.35. The smallest absolute Gasteiger partial charge is 0.249 e. The van der Waals surface area contributed by atoms with Crippen LogP contribution in [0.4, 0.5) is 5.69 Å². The molecule has 1 saturated heterocycles. The van der Waals surface area contributed by atoms with Gasteiger partial charge in [-0.25, -0.2) is 8.42 Å². The van der Waals surface area contributed by atoms with Crippen molar-refractivity contribution in [3.05, 3.63) is 63.6 Å². The van der Waals surface area contributed by atoms with E-state index in [1.807, 2.05) is 43.0 Å². The number of piperazine rings is 1. The summed E-state index contributed by atoms with van der Waals surface area (Å²) in [4.78, 5) is 33.3. The number of rotatable bonds is 9. The summed E-state index contributed by atoms with van der Waals surface area (Å²) in [6, 6.07) is 12.7. The average Bonchev–Trinajstić information content (AvgIpc) is 3.11. The first-order chi connectivity index (χ1) is 17.9. The van der Waals surface area contributed by atoms with Gasteiger partial charge in [0.2, 0.25) is 11.8 Å². The van der Waals surface area contributed by atoms with Crippen LogP contribution in [0.25, 0.3) is 0 Å². The van der Waals surface area contributed by atoms with Gasteiger partial charge in [-0.3, -0.25) is 19.4 Å². The van der Waals surface area contributed by atoms with Gasteiger partial charge in [0.15, 0.2) is 0 Å². The highest BCUT2D eigenvalue weighted by molar-refractivity contribution is 7.90. The number of hydrogen-bond donors (Lipinski definition) is 1. The summed E-state index contributed by atoms with van der Waals surface area (Å²) in [6.07, 6.45) is 1.57. The topological polar surface area (TPSA) is 90.0 Å². The van der Waals surface area contributed by atoms with E-state index in [0.29, 0.717) is 54.9 Å². The highest BCUT2D eigenvalue weighted by Gasteiger charge is 2.52. The van der Waals surface area contributed by atoms with Gasteiger partial charge in [-0.15, -0.1) is 0 Å². The highest BCUT2D eigenvalue weighted by Crippen LogP contribution is 2.45. The van der Waals surface area contributed by atoms with Crippen molar-refractivity contribution in [2.75, 3.05) is 56.6 Å². The maximum absolute atomic E-state index is 13.8. The minimum absolute atomic E-state index is 0.0526. The molecule has 0 aromatic heterocycles. The summed E-state index contributed by atoms with van der Waals surface area (Å²) in [5.41, 5.74) is 1.17. The number of nitrogens with zero attached hydrogens (tertiary/aromatic N) is 3. The van der Waals surface area contributed by atoms with E-state index in [0.717, 1.165) is 11.1 Å². The Bertz CT molecular complexity index is 1310. The first-order valence-corrected chi connectivity index (χ1v) is 15.5. The molecule has 2 aromatic carbocycles. The molecule has 0 aliphatic carbocycles. The summed E-state index contributed by atoms with van der Waals surface area (Å²) in [6.45, 7) is 6.71. The van der Waals surface area contributed by atoms with Crippen LogP contribution in [0.3, 0.4) is 0 Å². The molecule has 2 aliphatic heterocycles. The summed E-state index contributed by atoms with van der Waals surface area (Å²) in [5, 5.41) is 4.10. The molecule has 1 fully saturated rings. The molecule has 0 saturated carbocycles. The largest absolute Gasteiger partial charge is 0.339 e. The number of sulfone groups is 1. The van der Waals surface area contributed by atoms with Crippen LogP contribution in [0, 0.1) is 0 Å². The van der Waals surface area contributed by atoms with Crippen LogP contribution in [0.15, 0.2) is 42.5 Å². The number of anilines is 1. The first-order valence-electron chi connectivity index (χ1n) is 12.7. The number of carbonyl (C=O) groups is 2. The molecule has 0 spiro atoms. The van der Waals surface area contributed by atoms with Gasteiger partial charge >= 0.3 is 0 Å². The lowest BCUT2D eigenvalue weighted by atomic mass is 9.82. The zero-order valence-corrected chi connectivity index (χ0v) is 24.2. The van der Waals surface area contributed by atoms with E-state index in [9.17, 15) is 18.0 Å². The fraction of sp³-hybridized carbons (Fsp3) is 0.481. The van der Waals surface area contributed by atoms with Crippen LogP contribution < -0.4 is 5.32 Å². The van der Waals surface area contributed by atoms with Crippen LogP contribution in [-0.4, -0.2) is 92.3 Å². The maximum Gasteiger partial charge on any atom is 0.249 e. The van der Waals surface area contributed by atoms with Gasteiger partial charge in [0.1, 0.15) is 15.4 Å². The molecule has 0 radical (unpaired) electrons. The van der Waals surface area contributed by atoms with Gasteiger partial charge in [-0.2, -0.15) is 0 Å². The molecule has 206 valence electrons. The number of hydrogen-bond acceptors (Lipinski definition) is 6. The SMILES string of the molecule is CC(C)N(CC(=O)N1CCN(CCS(C)(=O)=O)CC1)C1(Cc2cccc(Cl)c2)C(=O)Nc2cc(Cl)ccc21. The van der Waals surface area contributed by atoms with Gasteiger partial charge in [0.25, 0.3) is 0 Å². The lowest BCUT2D eigenvalue weighted by Gasteiger charge is -2.43. The minimum atomic E-state index is -3.04. The molecule has 11 heteroatoms. The number of fused-ring (bicyclic) bond motifs is 1. The minimum Gasteiger partial charge on any atom is -0.339 e. The fourth-order valence-corrected chi connectivity index (χ4v) is 6.33. The molecule has 1 atom stereocenters. The maximum atomic E-state index is 13.8. The highest BCUT2D eigenvalue weighted by atomic mass is 35.5. The monoisotopic (exact) mass is 580 g/mol. The van der Waals surface area contributed by atoms with Gasteiger partial charge < -0.3 is 10.2 Å². The number of halogens is 2. The van der Waals surface area contributed by atoms with Crippen LogP contribution >= 0.6 is 23.2 Å². The first kappa shape index (κ1) is 28.8. The third-order valence-electron chi connectivity index (χ3n) is 7.32. The van der Waals surface area contributed by atoms with Crippen molar-refractivity contribution in [2.24, 2.45) is 0 Å². The van der Waals surface area contributed by atoms with Crippen LogP contribution in [0.1, 0.15) is 25.0 Å². The summed E-state index contributed by atoms with van der Waals surface area (Å²) >= 11 is 12.5. The predicted octanol–water partition coefficient (Wildman–Crippen LogP) is 3.28. The van der Waals surface area contributed by atoms with Crippen molar-refractivity contribution in [1.29, 1.82) is 0 Å². The molecule has 2 aliphatic rings. The van der Waals surface area contributed by atoms with Gasteiger partial charge in [0.05, 0.1) is 12.3 Å². The van der Waals surface area contributed by atoms with Crippen LogP contribution in [0.2, 0.25) is 10.0 Å². The molecule has 2 amide bonds. The van der Waals surface area contributed by atoms with Gasteiger partial charge in [-0.05, 0) is 43.7 Å². The summed E-state index contributed by atoms with van der Waals surface area (Å²) in [5.74, 6) is -0.170. The Labute approximate surface area is 234 Å². The Balaban J connectivity index is 1.61. The van der Waals surface area contributed by atoms with Crippen molar-refractivity contribution in [1.82, 2.24) is 14.7 Å². The zero-order valence-electron chi connectivity index (χ0n) is 21.9.